The van der Waals surface area contributed by atoms with Crippen LogP contribution in [0.2, 0.25) is 0 Å². The number of alkyl halides is 3. The molecule has 0 aromatic rings. The highest BCUT2D eigenvalue weighted by atomic mass is 19.4. The minimum absolute atomic E-state index is 0.131. The largest absolute Gasteiger partial charge is 0.414 e. The second-order valence-corrected chi connectivity index (χ2v) is 4.50. The van der Waals surface area contributed by atoms with Gasteiger partial charge in [-0.05, 0) is 25.2 Å². The lowest BCUT2D eigenvalue weighted by atomic mass is 9.77. The molecule has 94 valence electrons. The fourth-order valence-corrected chi connectivity index (χ4v) is 2.20. The second kappa shape index (κ2) is 5.17. The van der Waals surface area contributed by atoms with Crippen molar-refractivity contribution in [3.8, 4) is 0 Å². The fraction of sp³-hybridized carbons (Fsp3) is 0.909. The van der Waals surface area contributed by atoms with Crippen LogP contribution >= 0.6 is 0 Å². The number of ketones is 1. The van der Waals surface area contributed by atoms with Crippen molar-refractivity contribution in [2.75, 3.05) is 0 Å². The van der Waals surface area contributed by atoms with Crippen LogP contribution in [-0.2, 0) is 4.79 Å². The summed E-state index contributed by atoms with van der Waals surface area (Å²) in [5.41, 5.74) is 0. The van der Waals surface area contributed by atoms with Crippen LogP contribution in [0.25, 0.3) is 0 Å². The number of hydrogen-bond donors (Lipinski definition) is 1. The molecule has 1 rings (SSSR count). The molecule has 1 N–H and O–H groups in total. The summed E-state index contributed by atoms with van der Waals surface area (Å²) in [4.78, 5) is 11.4. The number of carbonyl (C=O) groups is 1. The van der Waals surface area contributed by atoms with Crippen LogP contribution in [0.3, 0.4) is 0 Å². The molecule has 3 atom stereocenters. The molecule has 0 aromatic heterocycles. The van der Waals surface area contributed by atoms with E-state index in [0.29, 0.717) is 18.8 Å². The maximum atomic E-state index is 12.1. The van der Waals surface area contributed by atoms with Crippen molar-refractivity contribution >= 4 is 5.78 Å². The molecule has 0 radical (unpaired) electrons. The summed E-state index contributed by atoms with van der Waals surface area (Å²) in [6.07, 6.45) is -4.95. The standard InChI is InChI=1S/C11H17F3O2/c1-2-7-3-4-9(15)8(5-7)6-10(16)11(12,13)14/h7-8,10,16H,2-6H2,1H3. The van der Waals surface area contributed by atoms with Crippen molar-refractivity contribution in [2.45, 2.75) is 51.3 Å². The number of hydrogen-bond acceptors (Lipinski definition) is 2. The van der Waals surface area contributed by atoms with Gasteiger partial charge in [-0.2, -0.15) is 13.2 Å². The molecule has 2 nitrogen and oxygen atoms in total. The summed E-state index contributed by atoms with van der Waals surface area (Å²) in [5.74, 6) is -0.425. The van der Waals surface area contributed by atoms with Crippen molar-refractivity contribution in [2.24, 2.45) is 11.8 Å². The Bertz CT molecular complexity index is 250. The number of Topliss-reactive ketones (excluding diaryl/α,β-unsaturated/α-hetero) is 1. The van der Waals surface area contributed by atoms with E-state index in [4.69, 9.17) is 5.11 Å². The van der Waals surface area contributed by atoms with Crippen molar-refractivity contribution < 1.29 is 23.1 Å². The van der Waals surface area contributed by atoms with E-state index in [1.165, 1.54) is 0 Å². The molecular weight excluding hydrogens is 221 g/mol. The molecule has 0 bridgehead atoms. The van der Waals surface area contributed by atoms with E-state index in [0.717, 1.165) is 12.8 Å². The third kappa shape index (κ3) is 3.47. The quantitative estimate of drug-likeness (QED) is 0.820. The minimum atomic E-state index is -4.61. The monoisotopic (exact) mass is 238 g/mol. The average molecular weight is 238 g/mol. The molecule has 1 aliphatic rings. The lowest BCUT2D eigenvalue weighted by Gasteiger charge is -2.29. The lowest BCUT2D eigenvalue weighted by Crippen LogP contribution is -2.35. The fourth-order valence-electron chi connectivity index (χ4n) is 2.20. The molecule has 0 amide bonds. The molecule has 0 spiro atoms. The zero-order valence-electron chi connectivity index (χ0n) is 9.26. The van der Waals surface area contributed by atoms with Crippen LogP contribution in [0.1, 0.15) is 39.0 Å². The van der Waals surface area contributed by atoms with Gasteiger partial charge < -0.3 is 5.11 Å². The molecule has 1 saturated carbocycles. The van der Waals surface area contributed by atoms with E-state index in [1.54, 1.807) is 0 Å². The Hall–Kier alpha value is -0.580. The molecule has 1 fully saturated rings. The first-order chi connectivity index (χ1) is 7.34. The zero-order chi connectivity index (χ0) is 12.3. The van der Waals surface area contributed by atoms with Crippen LogP contribution in [0, 0.1) is 11.8 Å². The summed E-state index contributed by atoms with van der Waals surface area (Å²) in [7, 11) is 0. The van der Waals surface area contributed by atoms with Crippen LogP contribution in [0.5, 0.6) is 0 Å². The minimum Gasteiger partial charge on any atom is -0.384 e. The second-order valence-electron chi connectivity index (χ2n) is 4.50. The zero-order valence-corrected chi connectivity index (χ0v) is 9.26. The molecule has 0 aliphatic heterocycles. The van der Waals surface area contributed by atoms with Crippen LogP contribution < -0.4 is 0 Å². The Morgan fingerprint density at radius 2 is 2.12 bits per heavy atom. The predicted octanol–water partition coefficient (Wildman–Crippen LogP) is 2.70. The van der Waals surface area contributed by atoms with Gasteiger partial charge in [0.25, 0.3) is 0 Å². The molecular formula is C11H17F3O2. The Labute approximate surface area is 92.8 Å². The first kappa shape index (κ1) is 13.5. The van der Waals surface area contributed by atoms with Crippen LogP contribution in [0.4, 0.5) is 13.2 Å². The highest BCUT2D eigenvalue weighted by Crippen LogP contribution is 2.34. The molecule has 0 heterocycles. The number of halogens is 3. The maximum absolute atomic E-state index is 12.1. The first-order valence-corrected chi connectivity index (χ1v) is 5.62. The van der Waals surface area contributed by atoms with Gasteiger partial charge in [0.05, 0.1) is 0 Å². The van der Waals surface area contributed by atoms with Gasteiger partial charge in [-0.3, -0.25) is 4.79 Å². The topological polar surface area (TPSA) is 37.3 Å². The van der Waals surface area contributed by atoms with Crippen molar-refractivity contribution in [1.82, 2.24) is 0 Å². The highest BCUT2D eigenvalue weighted by Gasteiger charge is 2.41. The number of carbonyl (C=O) groups excluding carboxylic acids is 1. The van der Waals surface area contributed by atoms with Gasteiger partial charge in [-0.15, -0.1) is 0 Å². The Kier molecular flexibility index (Phi) is 4.35. The van der Waals surface area contributed by atoms with E-state index in [-0.39, 0.29) is 5.78 Å². The number of aliphatic hydroxyl groups is 1. The average Bonchev–Trinajstić information content (AvgIpc) is 2.19. The smallest absolute Gasteiger partial charge is 0.384 e. The summed E-state index contributed by atoms with van der Waals surface area (Å²) < 4.78 is 36.4. The van der Waals surface area contributed by atoms with Crippen LogP contribution in [0.15, 0.2) is 0 Å². The summed E-state index contributed by atoms with van der Waals surface area (Å²) >= 11 is 0. The molecule has 1 aliphatic carbocycles. The van der Waals surface area contributed by atoms with Crippen molar-refractivity contribution in [3.63, 3.8) is 0 Å². The molecule has 0 aromatic carbocycles. The number of rotatable bonds is 3. The highest BCUT2D eigenvalue weighted by molar-refractivity contribution is 5.81. The first-order valence-electron chi connectivity index (χ1n) is 5.62. The van der Waals surface area contributed by atoms with Gasteiger partial charge in [-0.1, -0.05) is 13.3 Å². The van der Waals surface area contributed by atoms with E-state index < -0.39 is 24.6 Å². The molecule has 5 heteroatoms. The van der Waals surface area contributed by atoms with Gasteiger partial charge in [0.15, 0.2) is 6.10 Å². The summed E-state index contributed by atoms with van der Waals surface area (Å²) in [6.45, 7) is 1.97. The molecule has 3 unspecified atom stereocenters. The van der Waals surface area contributed by atoms with Gasteiger partial charge in [0.2, 0.25) is 0 Å². The maximum Gasteiger partial charge on any atom is 0.414 e. The summed E-state index contributed by atoms with van der Waals surface area (Å²) in [5, 5.41) is 8.94. The Balaban J connectivity index is 2.54. The van der Waals surface area contributed by atoms with E-state index >= 15 is 0 Å². The number of aliphatic hydroxyl groups excluding tert-OH is 1. The van der Waals surface area contributed by atoms with Gasteiger partial charge in [-0.25, -0.2) is 0 Å². The van der Waals surface area contributed by atoms with Gasteiger partial charge in [0, 0.05) is 12.3 Å². The van der Waals surface area contributed by atoms with E-state index in [2.05, 4.69) is 0 Å². The third-order valence-corrected chi connectivity index (χ3v) is 3.34. The van der Waals surface area contributed by atoms with Gasteiger partial charge >= 0.3 is 6.18 Å². The van der Waals surface area contributed by atoms with E-state index in [9.17, 15) is 18.0 Å². The van der Waals surface area contributed by atoms with Crippen molar-refractivity contribution in [1.29, 1.82) is 0 Å². The molecule has 16 heavy (non-hydrogen) atoms. The Morgan fingerprint density at radius 1 is 1.50 bits per heavy atom. The normalized spacial score (nSPS) is 29.2. The van der Waals surface area contributed by atoms with E-state index in [1.807, 2.05) is 6.92 Å². The third-order valence-electron chi connectivity index (χ3n) is 3.34. The lowest BCUT2D eigenvalue weighted by molar-refractivity contribution is -0.209. The van der Waals surface area contributed by atoms with Gasteiger partial charge in [0.1, 0.15) is 5.78 Å². The molecule has 0 saturated heterocycles. The van der Waals surface area contributed by atoms with Crippen molar-refractivity contribution in [3.05, 3.63) is 0 Å². The van der Waals surface area contributed by atoms with Crippen LogP contribution in [-0.4, -0.2) is 23.2 Å². The SMILES string of the molecule is CCC1CCC(=O)C(CC(O)C(F)(F)F)C1. The Morgan fingerprint density at radius 3 is 2.62 bits per heavy atom. The predicted molar refractivity (Wildman–Crippen MR) is 52.8 cm³/mol. The summed E-state index contributed by atoms with van der Waals surface area (Å²) in [6, 6.07) is 0.